The van der Waals surface area contributed by atoms with Crippen LogP contribution in [0.3, 0.4) is 0 Å². The number of hydrogen-bond donors (Lipinski definition) is 1. The highest BCUT2D eigenvalue weighted by Crippen LogP contribution is 2.17. The minimum Gasteiger partial charge on any atom is -0.319 e. The molecule has 0 aliphatic carbocycles. The molecule has 1 N–H and O–H groups in total. The van der Waals surface area contributed by atoms with Crippen molar-refractivity contribution < 1.29 is 9.18 Å². The number of benzene rings is 2. The molecular formula is C16H13FN4O. The lowest BCUT2D eigenvalue weighted by Gasteiger charge is -2.08. The topological polar surface area (TPSA) is 59.8 Å². The molecule has 0 fully saturated rings. The third kappa shape index (κ3) is 2.85. The molecule has 1 heterocycles. The fraction of sp³-hybridized carbons (Fsp3) is 0.0625. The zero-order valence-corrected chi connectivity index (χ0v) is 11.8. The van der Waals surface area contributed by atoms with Gasteiger partial charge in [-0.3, -0.25) is 4.79 Å². The van der Waals surface area contributed by atoms with Crippen LogP contribution in [-0.4, -0.2) is 20.7 Å². The minimum atomic E-state index is -0.451. The summed E-state index contributed by atoms with van der Waals surface area (Å²) in [5.41, 5.74) is 2.18. The van der Waals surface area contributed by atoms with Crippen molar-refractivity contribution in [3.63, 3.8) is 0 Å². The zero-order valence-electron chi connectivity index (χ0n) is 11.8. The predicted octanol–water partition coefficient (Wildman–Crippen LogP) is 2.97. The van der Waals surface area contributed by atoms with Crippen molar-refractivity contribution in [3.05, 3.63) is 72.1 Å². The number of nitrogens with zero attached hydrogens (tertiary/aromatic N) is 3. The summed E-state index contributed by atoms with van der Waals surface area (Å²) in [5, 5.41) is 6.56. The van der Waals surface area contributed by atoms with Gasteiger partial charge in [0.05, 0.1) is 11.4 Å². The highest BCUT2D eigenvalue weighted by atomic mass is 19.1. The van der Waals surface area contributed by atoms with E-state index in [1.807, 2.05) is 0 Å². The number of halogens is 1. The highest BCUT2D eigenvalue weighted by Gasteiger charge is 2.09. The maximum Gasteiger partial charge on any atom is 0.255 e. The normalized spacial score (nSPS) is 10.5. The fourth-order valence-corrected chi connectivity index (χ4v) is 2.02. The summed E-state index contributed by atoms with van der Waals surface area (Å²) in [6.07, 6.45) is 3.00. The molecule has 0 radical (unpaired) electrons. The number of carbonyl (C=O) groups excluding carboxylic acids is 1. The second kappa shape index (κ2) is 5.77. The van der Waals surface area contributed by atoms with E-state index in [2.05, 4.69) is 15.4 Å². The van der Waals surface area contributed by atoms with Crippen LogP contribution < -0.4 is 5.32 Å². The van der Waals surface area contributed by atoms with Gasteiger partial charge in [-0.25, -0.2) is 14.1 Å². The summed E-state index contributed by atoms with van der Waals surface area (Å²) in [7, 11) is 0. The molecule has 0 unspecified atom stereocenters. The summed E-state index contributed by atoms with van der Waals surface area (Å²) in [6.45, 7) is 1.79. The molecule has 1 aromatic heterocycles. The summed E-state index contributed by atoms with van der Waals surface area (Å²) in [4.78, 5) is 16.0. The molecule has 0 atom stereocenters. The lowest BCUT2D eigenvalue weighted by Crippen LogP contribution is -2.13. The van der Waals surface area contributed by atoms with E-state index in [-0.39, 0.29) is 11.6 Å². The van der Waals surface area contributed by atoms with E-state index in [0.29, 0.717) is 5.56 Å². The third-order valence-electron chi connectivity index (χ3n) is 3.19. The predicted molar refractivity (Wildman–Crippen MR) is 80.4 cm³/mol. The number of nitrogens with one attached hydrogen (secondary N) is 1. The van der Waals surface area contributed by atoms with Gasteiger partial charge in [-0.2, -0.15) is 5.10 Å². The van der Waals surface area contributed by atoms with Crippen LogP contribution in [-0.2, 0) is 0 Å². The maximum atomic E-state index is 13.7. The van der Waals surface area contributed by atoms with Crippen LogP contribution in [0.2, 0.25) is 0 Å². The second-order valence-corrected chi connectivity index (χ2v) is 4.82. The summed E-state index contributed by atoms with van der Waals surface area (Å²) in [5.74, 6) is -0.819. The number of hydrogen-bond acceptors (Lipinski definition) is 3. The highest BCUT2D eigenvalue weighted by molar-refractivity contribution is 6.04. The second-order valence-electron chi connectivity index (χ2n) is 4.82. The van der Waals surface area contributed by atoms with Gasteiger partial charge in [0.2, 0.25) is 0 Å². The van der Waals surface area contributed by atoms with E-state index < -0.39 is 5.82 Å². The molecule has 0 saturated carbocycles. The smallest absolute Gasteiger partial charge is 0.255 e. The molecule has 2 aromatic carbocycles. The van der Waals surface area contributed by atoms with Crippen molar-refractivity contribution in [2.75, 3.05) is 5.32 Å². The molecule has 0 spiro atoms. The van der Waals surface area contributed by atoms with E-state index in [9.17, 15) is 9.18 Å². The van der Waals surface area contributed by atoms with Gasteiger partial charge in [-0.15, -0.1) is 0 Å². The van der Waals surface area contributed by atoms with Gasteiger partial charge in [0.25, 0.3) is 5.91 Å². The Hall–Kier alpha value is -3.02. The molecule has 6 heteroatoms. The van der Waals surface area contributed by atoms with Crippen molar-refractivity contribution >= 4 is 11.6 Å². The first-order valence-corrected chi connectivity index (χ1v) is 6.66. The Morgan fingerprint density at radius 2 is 1.95 bits per heavy atom. The van der Waals surface area contributed by atoms with Gasteiger partial charge in [0.15, 0.2) is 0 Å². The molecule has 22 heavy (non-hydrogen) atoms. The van der Waals surface area contributed by atoms with Crippen LogP contribution in [0.5, 0.6) is 0 Å². The largest absolute Gasteiger partial charge is 0.319 e. The van der Waals surface area contributed by atoms with Crippen LogP contribution in [0.1, 0.15) is 15.9 Å². The standard InChI is InChI=1S/C16H13FN4O/c1-11-2-7-15(14(17)8-11)20-16(22)12-3-5-13(6-4-12)21-10-18-9-19-21/h2-10H,1H3,(H,20,22). The Morgan fingerprint density at radius 1 is 1.18 bits per heavy atom. The number of aryl methyl sites for hydroxylation is 1. The monoisotopic (exact) mass is 296 g/mol. The van der Waals surface area contributed by atoms with E-state index in [1.54, 1.807) is 54.3 Å². The molecule has 5 nitrogen and oxygen atoms in total. The number of amides is 1. The van der Waals surface area contributed by atoms with Crippen molar-refractivity contribution in [1.82, 2.24) is 14.8 Å². The average molecular weight is 296 g/mol. The lowest BCUT2D eigenvalue weighted by molar-refractivity contribution is 0.102. The Labute approximate surface area is 126 Å². The van der Waals surface area contributed by atoms with Gasteiger partial charge < -0.3 is 5.32 Å². The molecule has 3 aromatic rings. The number of anilines is 1. The average Bonchev–Trinajstić information content (AvgIpc) is 3.04. The molecule has 0 saturated heterocycles. The first kappa shape index (κ1) is 13.9. The quantitative estimate of drug-likeness (QED) is 0.808. The molecule has 0 bridgehead atoms. The number of aromatic nitrogens is 3. The first-order valence-electron chi connectivity index (χ1n) is 6.66. The van der Waals surface area contributed by atoms with Crippen molar-refractivity contribution in [3.8, 4) is 5.69 Å². The van der Waals surface area contributed by atoms with Crippen molar-refractivity contribution in [1.29, 1.82) is 0 Å². The molecule has 110 valence electrons. The Bertz CT molecular complexity index is 798. The van der Waals surface area contributed by atoms with Crippen LogP contribution in [0.25, 0.3) is 5.69 Å². The van der Waals surface area contributed by atoms with Gasteiger partial charge >= 0.3 is 0 Å². The molecule has 1 amide bonds. The summed E-state index contributed by atoms with van der Waals surface area (Å²) < 4.78 is 15.3. The molecule has 3 rings (SSSR count). The summed E-state index contributed by atoms with van der Waals surface area (Å²) >= 11 is 0. The van der Waals surface area contributed by atoms with Gasteiger partial charge in [0, 0.05) is 5.56 Å². The zero-order chi connectivity index (χ0) is 15.5. The van der Waals surface area contributed by atoms with Gasteiger partial charge in [-0.05, 0) is 48.9 Å². The maximum absolute atomic E-state index is 13.7. The minimum absolute atomic E-state index is 0.163. The molecule has 0 aliphatic rings. The van der Waals surface area contributed by atoms with E-state index >= 15 is 0 Å². The molecular weight excluding hydrogens is 283 g/mol. The third-order valence-corrected chi connectivity index (χ3v) is 3.19. The van der Waals surface area contributed by atoms with Crippen molar-refractivity contribution in [2.24, 2.45) is 0 Å². The van der Waals surface area contributed by atoms with Crippen LogP contribution in [0, 0.1) is 12.7 Å². The lowest BCUT2D eigenvalue weighted by atomic mass is 10.1. The SMILES string of the molecule is Cc1ccc(NC(=O)c2ccc(-n3cncn3)cc2)c(F)c1. The fourth-order valence-electron chi connectivity index (χ4n) is 2.02. The van der Waals surface area contributed by atoms with Crippen LogP contribution in [0.4, 0.5) is 10.1 Å². The van der Waals surface area contributed by atoms with Crippen molar-refractivity contribution in [2.45, 2.75) is 6.92 Å². The number of rotatable bonds is 3. The van der Waals surface area contributed by atoms with E-state index in [0.717, 1.165) is 11.3 Å². The Kier molecular flexibility index (Phi) is 3.65. The van der Waals surface area contributed by atoms with Crippen LogP contribution in [0.15, 0.2) is 55.1 Å². The Balaban J connectivity index is 1.77. The van der Waals surface area contributed by atoms with Gasteiger partial charge in [0.1, 0.15) is 18.5 Å². The van der Waals surface area contributed by atoms with E-state index in [4.69, 9.17) is 0 Å². The Morgan fingerprint density at radius 3 is 2.59 bits per heavy atom. The number of carbonyl (C=O) groups is 1. The molecule has 0 aliphatic heterocycles. The van der Waals surface area contributed by atoms with Crippen LogP contribution >= 0.6 is 0 Å². The van der Waals surface area contributed by atoms with Gasteiger partial charge in [-0.1, -0.05) is 6.07 Å². The van der Waals surface area contributed by atoms with E-state index in [1.165, 1.54) is 12.4 Å². The summed E-state index contributed by atoms with van der Waals surface area (Å²) in [6, 6.07) is 11.5. The first-order chi connectivity index (χ1) is 10.6.